The first-order chi connectivity index (χ1) is 8.02. The molecule has 0 aromatic rings. The van der Waals surface area contributed by atoms with Crippen molar-refractivity contribution in [3.05, 3.63) is 0 Å². The summed E-state index contributed by atoms with van der Waals surface area (Å²) in [6.45, 7) is 4.01. The van der Waals surface area contributed by atoms with E-state index in [1.54, 1.807) is 4.90 Å². The number of rotatable bonds is 3. The van der Waals surface area contributed by atoms with Crippen molar-refractivity contribution in [3.63, 3.8) is 0 Å². The normalized spacial score (nSPS) is 20.2. The van der Waals surface area contributed by atoms with E-state index in [-0.39, 0.29) is 0 Å². The van der Waals surface area contributed by atoms with E-state index in [4.69, 9.17) is 5.11 Å². The van der Waals surface area contributed by atoms with E-state index in [1.807, 2.05) is 0 Å². The molecule has 0 spiro atoms. The maximum atomic E-state index is 11.8. The SMILES string of the molecule is CC(O)C(NC(=O)N1CCCNCC1)C(=O)O. The van der Waals surface area contributed by atoms with E-state index in [2.05, 4.69) is 10.6 Å². The number of amides is 2. The lowest BCUT2D eigenvalue weighted by Crippen LogP contribution is -2.52. The van der Waals surface area contributed by atoms with Gasteiger partial charge in [0.15, 0.2) is 6.04 Å². The Balaban J connectivity index is 2.53. The Morgan fingerprint density at radius 2 is 2.06 bits per heavy atom. The van der Waals surface area contributed by atoms with Crippen LogP contribution in [0.4, 0.5) is 4.79 Å². The summed E-state index contributed by atoms with van der Waals surface area (Å²) < 4.78 is 0. The van der Waals surface area contributed by atoms with E-state index in [0.717, 1.165) is 13.0 Å². The van der Waals surface area contributed by atoms with E-state index in [9.17, 15) is 14.7 Å². The number of aliphatic carboxylic acids is 1. The number of aliphatic hydroxyl groups is 1. The first-order valence-corrected chi connectivity index (χ1v) is 5.69. The minimum Gasteiger partial charge on any atom is -0.480 e. The quantitative estimate of drug-likeness (QED) is 0.501. The number of nitrogens with zero attached hydrogens (tertiary/aromatic N) is 1. The molecule has 0 radical (unpaired) electrons. The Morgan fingerprint density at radius 3 is 2.65 bits per heavy atom. The van der Waals surface area contributed by atoms with Crippen LogP contribution in [0.5, 0.6) is 0 Å². The number of urea groups is 1. The van der Waals surface area contributed by atoms with Gasteiger partial charge in [-0.1, -0.05) is 0 Å². The third kappa shape index (κ3) is 4.20. The van der Waals surface area contributed by atoms with Gasteiger partial charge in [-0.2, -0.15) is 0 Å². The van der Waals surface area contributed by atoms with Crippen molar-refractivity contribution in [1.29, 1.82) is 0 Å². The van der Waals surface area contributed by atoms with Crippen molar-refractivity contribution < 1.29 is 19.8 Å². The predicted molar refractivity (Wildman–Crippen MR) is 60.7 cm³/mol. The lowest BCUT2D eigenvalue weighted by Gasteiger charge is -2.24. The molecule has 1 saturated heterocycles. The van der Waals surface area contributed by atoms with Crippen molar-refractivity contribution >= 4 is 12.0 Å². The number of aliphatic hydroxyl groups excluding tert-OH is 1. The number of carbonyl (C=O) groups excluding carboxylic acids is 1. The van der Waals surface area contributed by atoms with E-state index in [1.165, 1.54) is 6.92 Å². The highest BCUT2D eigenvalue weighted by molar-refractivity contribution is 5.83. The summed E-state index contributed by atoms with van der Waals surface area (Å²) in [7, 11) is 0. The molecular formula is C10H19N3O4. The predicted octanol–water partition coefficient (Wildman–Crippen LogP) is -1.17. The zero-order valence-electron chi connectivity index (χ0n) is 9.85. The third-order valence-corrected chi connectivity index (χ3v) is 2.65. The summed E-state index contributed by atoms with van der Waals surface area (Å²) in [5.41, 5.74) is 0. The average molecular weight is 245 g/mol. The number of hydrogen-bond acceptors (Lipinski definition) is 4. The van der Waals surface area contributed by atoms with Gasteiger partial charge in [0.2, 0.25) is 0 Å². The van der Waals surface area contributed by atoms with Crippen LogP contribution < -0.4 is 10.6 Å². The van der Waals surface area contributed by atoms with Gasteiger partial charge in [-0.05, 0) is 19.9 Å². The summed E-state index contributed by atoms with van der Waals surface area (Å²) >= 11 is 0. The van der Waals surface area contributed by atoms with Crippen LogP contribution >= 0.6 is 0 Å². The van der Waals surface area contributed by atoms with Gasteiger partial charge < -0.3 is 25.7 Å². The fraction of sp³-hybridized carbons (Fsp3) is 0.800. The highest BCUT2D eigenvalue weighted by Gasteiger charge is 2.27. The van der Waals surface area contributed by atoms with Gasteiger partial charge in [-0.3, -0.25) is 0 Å². The highest BCUT2D eigenvalue weighted by atomic mass is 16.4. The van der Waals surface area contributed by atoms with Crippen LogP contribution in [0.3, 0.4) is 0 Å². The lowest BCUT2D eigenvalue weighted by molar-refractivity contribution is -0.141. The summed E-state index contributed by atoms with van der Waals surface area (Å²) in [5.74, 6) is -1.23. The smallest absolute Gasteiger partial charge is 0.328 e. The molecule has 4 N–H and O–H groups in total. The van der Waals surface area contributed by atoms with Gasteiger partial charge in [-0.15, -0.1) is 0 Å². The molecule has 1 aliphatic rings. The van der Waals surface area contributed by atoms with E-state index >= 15 is 0 Å². The first-order valence-electron chi connectivity index (χ1n) is 5.69. The maximum Gasteiger partial charge on any atom is 0.328 e. The second-order valence-electron chi connectivity index (χ2n) is 4.10. The molecule has 17 heavy (non-hydrogen) atoms. The molecule has 0 aliphatic carbocycles. The van der Waals surface area contributed by atoms with Crippen molar-refractivity contribution in [2.75, 3.05) is 26.2 Å². The Hall–Kier alpha value is -1.34. The monoisotopic (exact) mass is 245 g/mol. The molecule has 0 bridgehead atoms. The molecule has 98 valence electrons. The Kier molecular flexibility index (Phi) is 5.17. The molecule has 7 nitrogen and oxygen atoms in total. The molecule has 1 rings (SSSR count). The number of carboxylic acids is 1. The van der Waals surface area contributed by atoms with Crippen molar-refractivity contribution in [3.8, 4) is 0 Å². The van der Waals surface area contributed by atoms with Crippen LogP contribution in [0.2, 0.25) is 0 Å². The number of carbonyl (C=O) groups is 2. The van der Waals surface area contributed by atoms with Gasteiger partial charge >= 0.3 is 12.0 Å². The number of nitrogens with one attached hydrogen (secondary N) is 2. The van der Waals surface area contributed by atoms with Crippen LogP contribution in [0.15, 0.2) is 0 Å². The van der Waals surface area contributed by atoms with Crippen molar-refractivity contribution in [1.82, 2.24) is 15.5 Å². The fourth-order valence-corrected chi connectivity index (χ4v) is 1.66. The fourth-order valence-electron chi connectivity index (χ4n) is 1.66. The standard InChI is InChI=1S/C10H19N3O4/c1-7(14)8(9(15)16)12-10(17)13-5-2-3-11-4-6-13/h7-8,11,14H,2-6H2,1H3,(H,12,17)(H,15,16). The molecule has 1 fully saturated rings. The first kappa shape index (κ1) is 13.7. The largest absolute Gasteiger partial charge is 0.480 e. The molecule has 2 atom stereocenters. The van der Waals surface area contributed by atoms with Gasteiger partial charge in [0.05, 0.1) is 6.10 Å². The molecule has 0 aromatic heterocycles. The van der Waals surface area contributed by atoms with E-state index in [0.29, 0.717) is 19.6 Å². The lowest BCUT2D eigenvalue weighted by atomic mass is 10.2. The van der Waals surface area contributed by atoms with E-state index < -0.39 is 24.1 Å². The van der Waals surface area contributed by atoms with Crippen LogP contribution in [0, 0.1) is 0 Å². The maximum absolute atomic E-state index is 11.8. The summed E-state index contributed by atoms with van der Waals surface area (Å²) in [6.07, 6.45) is -0.290. The number of carboxylic acid groups (broad SMARTS) is 1. The van der Waals surface area contributed by atoms with Gasteiger partial charge in [0.25, 0.3) is 0 Å². The Morgan fingerprint density at radius 1 is 1.35 bits per heavy atom. The topological polar surface area (TPSA) is 102 Å². The van der Waals surface area contributed by atoms with Crippen LogP contribution in [0.25, 0.3) is 0 Å². The zero-order chi connectivity index (χ0) is 12.8. The Bertz CT molecular complexity index is 275. The van der Waals surface area contributed by atoms with Crippen LogP contribution in [0.1, 0.15) is 13.3 Å². The minimum atomic E-state index is -1.27. The Labute approximate surface area is 99.8 Å². The molecule has 7 heteroatoms. The number of hydrogen-bond donors (Lipinski definition) is 4. The zero-order valence-corrected chi connectivity index (χ0v) is 9.85. The van der Waals surface area contributed by atoms with Crippen molar-refractivity contribution in [2.24, 2.45) is 0 Å². The molecule has 1 aliphatic heterocycles. The molecule has 0 aromatic carbocycles. The third-order valence-electron chi connectivity index (χ3n) is 2.65. The van der Waals surface area contributed by atoms with Gasteiger partial charge in [0.1, 0.15) is 0 Å². The second-order valence-corrected chi connectivity index (χ2v) is 4.10. The molecule has 2 unspecified atom stereocenters. The molecule has 1 heterocycles. The highest BCUT2D eigenvalue weighted by Crippen LogP contribution is 1.99. The summed E-state index contributed by atoms with van der Waals surface area (Å²) in [6, 6.07) is -1.71. The minimum absolute atomic E-state index is 0.443. The average Bonchev–Trinajstić information content (AvgIpc) is 2.52. The second kappa shape index (κ2) is 6.41. The molecule has 2 amide bonds. The van der Waals surface area contributed by atoms with Gasteiger partial charge in [-0.25, -0.2) is 9.59 Å². The van der Waals surface area contributed by atoms with Crippen LogP contribution in [-0.2, 0) is 4.79 Å². The summed E-state index contributed by atoms with van der Waals surface area (Å²) in [4.78, 5) is 24.2. The summed E-state index contributed by atoms with van der Waals surface area (Å²) in [5, 5.41) is 23.6. The van der Waals surface area contributed by atoms with Crippen LogP contribution in [-0.4, -0.2) is 65.4 Å². The molecule has 0 saturated carbocycles. The van der Waals surface area contributed by atoms with Gasteiger partial charge in [0, 0.05) is 19.6 Å². The molecular weight excluding hydrogens is 226 g/mol. The van der Waals surface area contributed by atoms with Crippen molar-refractivity contribution in [2.45, 2.75) is 25.5 Å².